The number of carbonyl (C=O) groups excluding carboxylic acids is 1. The zero-order valence-electron chi connectivity index (χ0n) is 25.5. The van der Waals surface area contributed by atoms with Gasteiger partial charge in [-0.25, -0.2) is 18.6 Å². The quantitative estimate of drug-likeness (QED) is 0.283. The topological polar surface area (TPSA) is 129 Å². The number of nitrogens with one attached hydrogen (secondary N) is 1. The van der Waals surface area contributed by atoms with Crippen molar-refractivity contribution in [1.82, 2.24) is 24.5 Å². The number of aromatic nitrogens is 4. The molecule has 1 saturated carbocycles. The van der Waals surface area contributed by atoms with Crippen LogP contribution in [0.25, 0.3) is 16.8 Å². The van der Waals surface area contributed by atoms with Crippen molar-refractivity contribution in [1.29, 1.82) is 0 Å². The summed E-state index contributed by atoms with van der Waals surface area (Å²) in [5.41, 5.74) is 8.82. The van der Waals surface area contributed by atoms with Gasteiger partial charge in [0.2, 0.25) is 5.95 Å². The second-order valence-corrected chi connectivity index (χ2v) is 11.8. The van der Waals surface area contributed by atoms with Crippen LogP contribution in [0.15, 0.2) is 48.9 Å². The summed E-state index contributed by atoms with van der Waals surface area (Å²) in [6.07, 6.45) is 7.26. The van der Waals surface area contributed by atoms with Gasteiger partial charge in [0.1, 0.15) is 23.5 Å². The third-order valence-corrected chi connectivity index (χ3v) is 8.81. The summed E-state index contributed by atoms with van der Waals surface area (Å²) in [6.45, 7) is 3.20. The van der Waals surface area contributed by atoms with E-state index in [1.165, 1.54) is 23.8 Å². The van der Waals surface area contributed by atoms with Crippen LogP contribution in [0.2, 0.25) is 0 Å². The highest BCUT2D eigenvalue weighted by molar-refractivity contribution is 5.68. The minimum atomic E-state index is -0.771. The van der Waals surface area contributed by atoms with Crippen molar-refractivity contribution in [2.24, 2.45) is 11.7 Å². The van der Waals surface area contributed by atoms with Crippen molar-refractivity contribution < 1.29 is 27.8 Å². The summed E-state index contributed by atoms with van der Waals surface area (Å²) in [4.78, 5) is 22.6. The van der Waals surface area contributed by atoms with Gasteiger partial charge in [0.15, 0.2) is 0 Å². The Morgan fingerprint density at radius 3 is 2.60 bits per heavy atom. The zero-order chi connectivity index (χ0) is 31.7. The molecule has 45 heavy (non-hydrogen) atoms. The standard InChI is InChI=1S/C32H37F2N7O4/c1-18-12-19(13-26(35)30(18)40(2)32(42)43-3)23-6-9-36-17-28(23)38-31-37-16-20-4-5-27(39-41(20)31)29-24(33)14-22(15-25(29)34)45-21-7-10-44-11-8-21/h4-6,9,14-19,21,26,30H,7-8,10-13,35H2,1-3H3,(H,37,38). The second kappa shape index (κ2) is 12.9. The fourth-order valence-corrected chi connectivity index (χ4v) is 6.70. The van der Waals surface area contributed by atoms with Crippen LogP contribution in [0.3, 0.4) is 0 Å². The number of benzene rings is 1. The number of nitrogens with two attached hydrogens (primary N) is 1. The first-order valence-corrected chi connectivity index (χ1v) is 15.1. The third-order valence-electron chi connectivity index (χ3n) is 8.81. The third kappa shape index (κ3) is 6.27. The van der Waals surface area contributed by atoms with E-state index in [9.17, 15) is 4.79 Å². The molecular weight excluding hydrogens is 584 g/mol. The summed E-state index contributed by atoms with van der Waals surface area (Å²) in [5.74, 6) is -0.853. The van der Waals surface area contributed by atoms with Gasteiger partial charge in [-0.3, -0.25) is 4.98 Å². The molecule has 0 radical (unpaired) electrons. The molecule has 6 rings (SSSR count). The van der Waals surface area contributed by atoms with Crippen LogP contribution in [0.5, 0.6) is 5.75 Å². The molecule has 1 aliphatic carbocycles. The number of ether oxygens (including phenoxy) is 3. The normalized spacial score (nSPS) is 22.3. The molecule has 0 spiro atoms. The van der Waals surface area contributed by atoms with Crippen molar-refractivity contribution in [3.05, 3.63) is 66.1 Å². The van der Waals surface area contributed by atoms with E-state index in [2.05, 4.69) is 27.3 Å². The first-order chi connectivity index (χ1) is 21.7. The molecule has 1 aromatic carbocycles. The lowest BCUT2D eigenvalue weighted by atomic mass is 9.73. The first-order valence-electron chi connectivity index (χ1n) is 15.1. The summed E-state index contributed by atoms with van der Waals surface area (Å²) in [7, 11) is 3.07. The van der Waals surface area contributed by atoms with Gasteiger partial charge < -0.3 is 30.2 Å². The van der Waals surface area contributed by atoms with E-state index >= 15 is 8.78 Å². The summed E-state index contributed by atoms with van der Waals surface area (Å²) < 4.78 is 48.2. The van der Waals surface area contributed by atoms with Gasteiger partial charge in [-0.1, -0.05) is 6.92 Å². The molecule has 238 valence electrons. The highest BCUT2D eigenvalue weighted by Crippen LogP contribution is 2.40. The number of imidazole rings is 1. The molecular formula is C32H37F2N7O4. The van der Waals surface area contributed by atoms with Crippen LogP contribution in [-0.4, -0.2) is 76.1 Å². The molecule has 4 aromatic rings. The minimum absolute atomic E-state index is 0.0857. The van der Waals surface area contributed by atoms with Crippen LogP contribution in [-0.2, 0) is 9.47 Å². The van der Waals surface area contributed by atoms with E-state index in [1.807, 2.05) is 6.07 Å². The highest BCUT2D eigenvalue weighted by Gasteiger charge is 2.39. The molecule has 3 aromatic heterocycles. The number of anilines is 2. The molecule has 0 bridgehead atoms. The van der Waals surface area contributed by atoms with Gasteiger partial charge >= 0.3 is 6.09 Å². The van der Waals surface area contributed by atoms with Gasteiger partial charge in [0.05, 0.1) is 61.2 Å². The van der Waals surface area contributed by atoms with E-state index in [0.29, 0.717) is 49.6 Å². The fraction of sp³-hybridized carbons (Fsp3) is 0.438. The predicted octanol–water partition coefficient (Wildman–Crippen LogP) is 5.28. The van der Waals surface area contributed by atoms with E-state index in [-0.39, 0.29) is 47.0 Å². The average Bonchev–Trinajstić information content (AvgIpc) is 3.42. The number of hydrogen-bond acceptors (Lipinski definition) is 9. The Morgan fingerprint density at radius 2 is 1.89 bits per heavy atom. The van der Waals surface area contributed by atoms with Crippen LogP contribution >= 0.6 is 0 Å². The van der Waals surface area contributed by atoms with E-state index in [1.54, 1.807) is 42.7 Å². The number of likely N-dealkylation sites (N-methyl/N-ethyl adjacent to an activating group) is 1. The Labute approximate surface area is 259 Å². The molecule has 1 amide bonds. The number of rotatable bonds is 7. The number of methoxy groups -OCH3 is 1. The van der Waals surface area contributed by atoms with Crippen molar-refractivity contribution >= 4 is 23.2 Å². The Bertz CT molecular complexity index is 1640. The first kappa shape index (κ1) is 30.7. The van der Waals surface area contributed by atoms with Gasteiger partial charge in [-0.15, -0.1) is 0 Å². The van der Waals surface area contributed by atoms with Crippen LogP contribution < -0.4 is 15.8 Å². The molecule has 4 heterocycles. The number of hydrogen-bond donors (Lipinski definition) is 2. The molecule has 4 atom stereocenters. The molecule has 1 saturated heterocycles. The predicted molar refractivity (Wildman–Crippen MR) is 163 cm³/mol. The fourth-order valence-electron chi connectivity index (χ4n) is 6.70. The Kier molecular flexibility index (Phi) is 8.81. The average molecular weight is 622 g/mol. The van der Waals surface area contributed by atoms with Gasteiger partial charge in [0, 0.05) is 44.3 Å². The number of amides is 1. The number of carbonyl (C=O) groups is 1. The number of pyridine rings is 1. The van der Waals surface area contributed by atoms with Crippen LogP contribution in [0, 0.1) is 17.6 Å². The largest absolute Gasteiger partial charge is 0.490 e. The summed E-state index contributed by atoms with van der Waals surface area (Å²) in [5, 5.41) is 7.88. The Hall–Kier alpha value is -4.36. The van der Waals surface area contributed by atoms with E-state index in [4.69, 9.17) is 19.9 Å². The van der Waals surface area contributed by atoms with E-state index in [0.717, 1.165) is 12.0 Å². The molecule has 13 heteroatoms. The number of fused-ring (bicyclic) bond motifs is 1. The Morgan fingerprint density at radius 1 is 1.13 bits per heavy atom. The maximum atomic E-state index is 15.3. The highest BCUT2D eigenvalue weighted by atomic mass is 19.1. The van der Waals surface area contributed by atoms with Gasteiger partial charge in [0.25, 0.3) is 0 Å². The molecule has 1 aliphatic heterocycles. The van der Waals surface area contributed by atoms with Crippen molar-refractivity contribution in [3.8, 4) is 17.0 Å². The van der Waals surface area contributed by atoms with Crippen LogP contribution in [0.4, 0.5) is 25.2 Å². The molecule has 4 unspecified atom stereocenters. The number of halogens is 2. The van der Waals surface area contributed by atoms with Gasteiger partial charge in [-0.2, -0.15) is 9.61 Å². The molecule has 11 nitrogen and oxygen atoms in total. The lowest BCUT2D eigenvalue weighted by Crippen LogP contribution is -2.55. The molecule has 3 N–H and O–H groups in total. The zero-order valence-corrected chi connectivity index (χ0v) is 25.5. The van der Waals surface area contributed by atoms with Crippen LogP contribution in [0.1, 0.15) is 44.1 Å². The lowest BCUT2D eigenvalue weighted by Gasteiger charge is -2.43. The lowest BCUT2D eigenvalue weighted by molar-refractivity contribution is 0.0253. The maximum Gasteiger partial charge on any atom is 0.409 e. The smallest absolute Gasteiger partial charge is 0.409 e. The summed E-state index contributed by atoms with van der Waals surface area (Å²) >= 11 is 0. The molecule has 2 aliphatic rings. The van der Waals surface area contributed by atoms with Crippen molar-refractivity contribution in [2.45, 2.75) is 56.7 Å². The summed E-state index contributed by atoms with van der Waals surface area (Å²) in [6, 6.07) is 7.17. The monoisotopic (exact) mass is 621 g/mol. The SMILES string of the molecule is COC(=O)N(C)C1C(C)CC(c2ccncc2Nc2ncc3ccc(-c4c(F)cc(OC5CCOCC5)cc4F)nn23)CC1N. The van der Waals surface area contributed by atoms with Crippen molar-refractivity contribution in [2.75, 3.05) is 32.7 Å². The Balaban J connectivity index is 1.25. The number of nitrogens with zero attached hydrogens (tertiary/aromatic N) is 5. The maximum absolute atomic E-state index is 15.3. The van der Waals surface area contributed by atoms with E-state index < -0.39 is 17.7 Å². The second-order valence-electron chi connectivity index (χ2n) is 11.8. The minimum Gasteiger partial charge on any atom is -0.490 e. The van der Waals surface area contributed by atoms with Crippen molar-refractivity contribution in [3.63, 3.8) is 0 Å². The molecule has 2 fully saturated rings. The van der Waals surface area contributed by atoms with Gasteiger partial charge in [-0.05, 0) is 48.4 Å².